The summed E-state index contributed by atoms with van der Waals surface area (Å²) < 4.78 is 51.9. The third-order valence-corrected chi connectivity index (χ3v) is 2.79. The lowest BCUT2D eigenvalue weighted by molar-refractivity contribution is -0.138. The highest BCUT2D eigenvalue weighted by atomic mass is 19.4. The Hall–Kier alpha value is -2.12. The number of guanidine groups is 1. The van der Waals surface area contributed by atoms with E-state index in [4.69, 9.17) is 0 Å². The van der Waals surface area contributed by atoms with E-state index in [1.165, 1.54) is 0 Å². The molecule has 1 amide bonds. The molecule has 1 aromatic carbocycles. The molecule has 0 aromatic heterocycles. The number of benzene rings is 1. The van der Waals surface area contributed by atoms with Crippen molar-refractivity contribution in [2.45, 2.75) is 32.1 Å². The minimum Gasteiger partial charge on any atom is -0.354 e. The van der Waals surface area contributed by atoms with Crippen molar-refractivity contribution in [2.75, 3.05) is 0 Å². The van der Waals surface area contributed by atoms with Crippen molar-refractivity contribution in [3.05, 3.63) is 35.1 Å². The van der Waals surface area contributed by atoms with Crippen molar-refractivity contribution in [3.63, 3.8) is 0 Å². The molecule has 0 fully saturated rings. The van der Waals surface area contributed by atoms with Gasteiger partial charge in [0, 0.05) is 6.04 Å². The van der Waals surface area contributed by atoms with Gasteiger partial charge in [0.25, 0.3) is 5.91 Å². The van der Waals surface area contributed by atoms with E-state index in [2.05, 4.69) is 15.6 Å². The fourth-order valence-corrected chi connectivity index (χ4v) is 1.98. The molecule has 0 saturated carbocycles. The Morgan fingerprint density at radius 3 is 2.57 bits per heavy atom. The maximum Gasteiger partial charge on any atom is 0.416 e. The summed E-state index contributed by atoms with van der Waals surface area (Å²) in [4.78, 5) is 15.7. The predicted molar refractivity (Wildman–Crippen MR) is 68.0 cm³/mol. The zero-order valence-corrected chi connectivity index (χ0v) is 11.3. The van der Waals surface area contributed by atoms with Crippen molar-refractivity contribution in [1.29, 1.82) is 0 Å². The number of halogens is 4. The third kappa shape index (κ3) is 3.32. The van der Waals surface area contributed by atoms with Crippen molar-refractivity contribution in [3.8, 4) is 0 Å². The Labute approximate surface area is 118 Å². The lowest BCUT2D eigenvalue weighted by Gasteiger charge is -2.14. The van der Waals surface area contributed by atoms with Gasteiger partial charge in [-0.3, -0.25) is 10.1 Å². The maximum absolute atomic E-state index is 13.1. The largest absolute Gasteiger partial charge is 0.416 e. The highest BCUT2D eigenvalue weighted by Crippen LogP contribution is 2.37. The molecule has 1 heterocycles. The molecule has 1 aliphatic heterocycles. The van der Waals surface area contributed by atoms with Gasteiger partial charge in [-0.25, -0.2) is 9.38 Å². The Morgan fingerprint density at radius 1 is 1.33 bits per heavy atom. The summed E-state index contributed by atoms with van der Waals surface area (Å²) in [5.74, 6) is -1.60. The first-order chi connectivity index (χ1) is 9.68. The van der Waals surface area contributed by atoms with Crippen LogP contribution in [0.2, 0.25) is 0 Å². The van der Waals surface area contributed by atoms with Gasteiger partial charge in [-0.1, -0.05) is 6.07 Å². The van der Waals surface area contributed by atoms with E-state index in [0.717, 1.165) is 12.1 Å². The van der Waals surface area contributed by atoms with Crippen LogP contribution in [-0.4, -0.2) is 17.9 Å². The second-order valence-corrected chi connectivity index (χ2v) is 4.90. The van der Waals surface area contributed by atoms with Gasteiger partial charge in [-0.2, -0.15) is 13.2 Å². The molecule has 21 heavy (non-hydrogen) atoms. The number of amides is 1. The van der Waals surface area contributed by atoms with E-state index in [-0.39, 0.29) is 17.6 Å². The van der Waals surface area contributed by atoms with Crippen LogP contribution in [0.15, 0.2) is 23.2 Å². The van der Waals surface area contributed by atoms with Crippen LogP contribution in [0.25, 0.3) is 0 Å². The zero-order valence-electron chi connectivity index (χ0n) is 11.3. The lowest BCUT2D eigenvalue weighted by atomic mass is 10.00. The summed E-state index contributed by atoms with van der Waals surface area (Å²) in [5, 5.41) is 5.17. The van der Waals surface area contributed by atoms with Gasteiger partial charge >= 0.3 is 6.18 Å². The summed E-state index contributed by atoms with van der Waals surface area (Å²) in [6, 6.07) is 0.791. The molecule has 0 spiro atoms. The van der Waals surface area contributed by atoms with Crippen LogP contribution in [-0.2, 0) is 11.0 Å². The van der Waals surface area contributed by atoms with Gasteiger partial charge in [-0.15, -0.1) is 0 Å². The second kappa shape index (κ2) is 5.34. The summed E-state index contributed by atoms with van der Waals surface area (Å²) >= 11 is 0. The first-order valence-electron chi connectivity index (χ1n) is 6.20. The minimum absolute atomic E-state index is 0.0434. The van der Waals surface area contributed by atoms with Crippen molar-refractivity contribution in [1.82, 2.24) is 10.6 Å². The van der Waals surface area contributed by atoms with Crippen molar-refractivity contribution >= 4 is 11.9 Å². The third-order valence-electron chi connectivity index (χ3n) is 2.79. The van der Waals surface area contributed by atoms with Crippen LogP contribution < -0.4 is 10.6 Å². The van der Waals surface area contributed by atoms with Gasteiger partial charge in [0.15, 0.2) is 12.0 Å². The Balaban J connectivity index is 2.42. The molecule has 1 atom stereocenters. The Kier molecular flexibility index (Phi) is 3.89. The first kappa shape index (κ1) is 15.3. The summed E-state index contributed by atoms with van der Waals surface area (Å²) in [5.41, 5.74) is -1.57. The first-order valence-corrected chi connectivity index (χ1v) is 6.20. The van der Waals surface area contributed by atoms with E-state index in [9.17, 15) is 22.4 Å². The van der Waals surface area contributed by atoms with Gasteiger partial charge in [0.2, 0.25) is 0 Å². The van der Waals surface area contributed by atoms with E-state index >= 15 is 0 Å². The van der Waals surface area contributed by atoms with Crippen molar-refractivity contribution < 1.29 is 22.4 Å². The molecule has 114 valence electrons. The zero-order chi connectivity index (χ0) is 15.8. The Bertz CT molecular complexity index is 596. The van der Waals surface area contributed by atoms with Gasteiger partial charge in [-0.05, 0) is 31.5 Å². The standard InChI is InChI=1S/C13H13F4N3O/c1-6(2)18-12-19-10(11(21)20-12)8-4-3-7(14)5-9(8)13(15,16)17/h3-6,10H,1-2H3,(H2,18,19,20,21). The molecule has 1 unspecified atom stereocenters. The maximum atomic E-state index is 13.1. The summed E-state index contributed by atoms with van der Waals surface area (Å²) in [6.07, 6.45) is -4.76. The highest BCUT2D eigenvalue weighted by Gasteiger charge is 2.39. The second-order valence-electron chi connectivity index (χ2n) is 4.90. The molecule has 1 aliphatic rings. The summed E-state index contributed by atoms with van der Waals surface area (Å²) in [6.45, 7) is 3.59. The SMILES string of the molecule is CC(C)NC1=NC(c2ccc(F)cc2C(F)(F)F)C(=O)N1. The average molecular weight is 303 g/mol. The van der Waals surface area contributed by atoms with Gasteiger partial charge in [0.05, 0.1) is 5.56 Å². The van der Waals surface area contributed by atoms with Crippen LogP contribution in [0.5, 0.6) is 0 Å². The monoisotopic (exact) mass is 303 g/mol. The molecule has 0 bridgehead atoms. The molecule has 8 heteroatoms. The quantitative estimate of drug-likeness (QED) is 0.824. The van der Waals surface area contributed by atoms with E-state index in [1.807, 2.05) is 0 Å². The number of carbonyl (C=O) groups excluding carboxylic acids is 1. The Morgan fingerprint density at radius 2 is 2.00 bits per heavy atom. The molecule has 0 saturated heterocycles. The smallest absolute Gasteiger partial charge is 0.354 e. The van der Waals surface area contributed by atoms with Crippen LogP contribution >= 0.6 is 0 Å². The van der Waals surface area contributed by atoms with Crippen molar-refractivity contribution in [2.24, 2.45) is 4.99 Å². The number of alkyl halides is 3. The molecule has 2 rings (SSSR count). The molecule has 4 nitrogen and oxygen atoms in total. The highest BCUT2D eigenvalue weighted by molar-refractivity contribution is 6.05. The van der Waals surface area contributed by atoms with Crippen LogP contribution in [0.4, 0.5) is 17.6 Å². The fourth-order valence-electron chi connectivity index (χ4n) is 1.98. The lowest BCUT2D eigenvalue weighted by Crippen LogP contribution is -2.40. The number of carbonyl (C=O) groups is 1. The van der Waals surface area contributed by atoms with Crippen LogP contribution in [0.3, 0.4) is 0 Å². The normalized spacial score (nSPS) is 18.7. The molecule has 1 aromatic rings. The predicted octanol–water partition coefficient (Wildman–Crippen LogP) is 2.37. The topological polar surface area (TPSA) is 53.5 Å². The van der Waals surface area contributed by atoms with Gasteiger partial charge in [0.1, 0.15) is 5.82 Å². The number of rotatable bonds is 2. The number of nitrogens with one attached hydrogen (secondary N) is 2. The molecule has 0 radical (unpaired) electrons. The van der Waals surface area contributed by atoms with E-state index < -0.39 is 29.5 Å². The number of nitrogens with zero attached hydrogens (tertiary/aromatic N) is 1. The molecule has 2 N–H and O–H groups in total. The number of aliphatic imine (C=N–C) groups is 1. The van der Waals surface area contributed by atoms with Crippen LogP contribution in [0, 0.1) is 5.82 Å². The fraction of sp³-hybridized carbons (Fsp3) is 0.385. The van der Waals surface area contributed by atoms with Crippen LogP contribution in [0.1, 0.15) is 31.0 Å². The summed E-state index contributed by atoms with van der Waals surface area (Å²) in [7, 11) is 0. The average Bonchev–Trinajstić information content (AvgIpc) is 2.68. The minimum atomic E-state index is -4.76. The van der Waals surface area contributed by atoms with E-state index in [0.29, 0.717) is 6.07 Å². The molecule has 0 aliphatic carbocycles. The van der Waals surface area contributed by atoms with E-state index in [1.54, 1.807) is 13.8 Å². The van der Waals surface area contributed by atoms with Gasteiger partial charge < -0.3 is 5.32 Å². The number of hydrogen-bond donors (Lipinski definition) is 2. The number of hydrogen-bond acceptors (Lipinski definition) is 3. The molecular weight excluding hydrogens is 290 g/mol. The molecular formula is C13H13F4N3O.